The molecule has 0 aromatic heterocycles. The molecule has 0 bridgehead atoms. The Kier molecular flexibility index (Phi) is 5.45. The van der Waals surface area contributed by atoms with E-state index in [0.717, 1.165) is 31.5 Å². The highest BCUT2D eigenvalue weighted by atomic mass is 35.5. The second-order valence-corrected chi connectivity index (χ2v) is 6.13. The molecule has 0 spiro atoms. The molecule has 128 valence electrons. The fourth-order valence-corrected chi connectivity index (χ4v) is 3.23. The first-order valence-corrected chi connectivity index (χ1v) is 8.08. The number of anilines is 2. The van der Waals surface area contributed by atoms with E-state index in [9.17, 15) is 18.0 Å². The molecule has 1 aliphatic heterocycles. The molecule has 7 heteroatoms. The van der Waals surface area contributed by atoms with Crippen LogP contribution in [-0.4, -0.2) is 31.2 Å². The first kappa shape index (κ1) is 17.9. The molecule has 1 aromatic rings. The Hall–Kier alpha value is -1.43. The molecule has 1 amide bonds. The highest BCUT2D eigenvalue weighted by molar-refractivity contribution is 6.33. The van der Waals surface area contributed by atoms with Crippen LogP contribution >= 0.6 is 11.6 Å². The van der Waals surface area contributed by atoms with E-state index in [2.05, 4.69) is 11.8 Å². The van der Waals surface area contributed by atoms with Crippen molar-refractivity contribution in [3.8, 4) is 0 Å². The van der Waals surface area contributed by atoms with Gasteiger partial charge in [-0.15, -0.1) is 0 Å². The number of rotatable bonds is 3. The van der Waals surface area contributed by atoms with Crippen molar-refractivity contribution in [3.63, 3.8) is 0 Å². The molecule has 3 nitrogen and oxygen atoms in total. The number of benzene rings is 1. The van der Waals surface area contributed by atoms with Crippen LogP contribution in [0, 0.1) is 0 Å². The smallest absolute Gasteiger partial charge is 0.368 e. The molecule has 1 heterocycles. The third kappa shape index (κ3) is 3.91. The number of alkyl halides is 3. The minimum atomic E-state index is -4.90. The Balaban J connectivity index is 2.29. The van der Waals surface area contributed by atoms with Gasteiger partial charge in [0.25, 0.3) is 0 Å². The zero-order valence-electron chi connectivity index (χ0n) is 13.2. The summed E-state index contributed by atoms with van der Waals surface area (Å²) in [5.41, 5.74) is 0.964. The van der Waals surface area contributed by atoms with Gasteiger partial charge in [0.15, 0.2) is 0 Å². The SMILES string of the molecule is CCN(C(=O)C(F)(F)F)c1ccc(N2CCCC[C@H]2C)c(Cl)c1. The van der Waals surface area contributed by atoms with Gasteiger partial charge in [-0.25, -0.2) is 0 Å². The van der Waals surface area contributed by atoms with E-state index in [-0.39, 0.29) is 12.2 Å². The normalized spacial score (nSPS) is 18.9. The Morgan fingerprint density at radius 1 is 1.39 bits per heavy atom. The number of nitrogens with zero attached hydrogens (tertiary/aromatic N) is 2. The van der Waals surface area contributed by atoms with Crippen LogP contribution in [0.4, 0.5) is 24.5 Å². The molecular formula is C16H20ClF3N2O. The van der Waals surface area contributed by atoms with Gasteiger partial charge in [-0.2, -0.15) is 13.2 Å². The number of hydrogen-bond donors (Lipinski definition) is 0. The number of halogens is 4. The minimum Gasteiger partial charge on any atom is -0.368 e. The molecular weight excluding hydrogens is 329 g/mol. The molecule has 0 radical (unpaired) electrons. The van der Waals surface area contributed by atoms with Crippen molar-refractivity contribution in [2.75, 3.05) is 22.9 Å². The average Bonchev–Trinajstić information content (AvgIpc) is 2.48. The second kappa shape index (κ2) is 6.99. The lowest BCUT2D eigenvalue weighted by Crippen LogP contribution is -2.41. The van der Waals surface area contributed by atoms with E-state index >= 15 is 0 Å². The Morgan fingerprint density at radius 3 is 2.61 bits per heavy atom. The van der Waals surface area contributed by atoms with E-state index in [1.165, 1.54) is 19.1 Å². The van der Waals surface area contributed by atoms with Crippen LogP contribution in [0.1, 0.15) is 33.1 Å². The van der Waals surface area contributed by atoms with Crippen molar-refractivity contribution in [2.24, 2.45) is 0 Å². The predicted molar refractivity (Wildman–Crippen MR) is 86.2 cm³/mol. The van der Waals surface area contributed by atoms with Gasteiger partial charge >= 0.3 is 12.1 Å². The van der Waals surface area contributed by atoms with Gasteiger partial charge in [-0.1, -0.05) is 11.6 Å². The lowest BCUT2D eigenvalue weighted by molar-refractivity contribution is -0.170. The highest BCUT2D eigenvalue weighted by Crippen LogP contribution is 2.35. The van der Waals surface area contributed by atoms with Crippen LogP contribution in [0.3, 0.4) is 0 Å². The number of carbonyl (C=O) groups excluding carboxylic acids is 1. The molecule has 1 aromatic carbocycles. The average molecular weight is 349 g/mol. The molecule has 0 unspecified atom stereocenters. The molecule has 1 aliphatic rings. The summed E-state index contributed by atoms with van der Waals surface area (Å²) >= 11 is 6.29. The van der Waals surface area contributed by atoms with E-state index in [0.29, 0.717) is 16.0 Å². The summed E-state index contributed by atoms with van der Waals surface area (Å²) in [5.74, 6) is -1.88. The quantitative estimate of drug-likeness (QED) is 0.794. The molecule has 0 N–H and O–H groups in total. The van der Waals surface area contributed by atoms with Crippen molar-refractivity contribution in [3.05, 3.63) is 23.2 Å². The first-order chi connectivity index (χ1) is 10.8. The topological polar surface area (TPSA) is 23.6 Å². The third-order valence-corrected chi connectivity index (χ3v) is 4.46. The van der Waals surface area contributed by atoms with E-state index in [1.807, 2.05) is 0 Å². The molecule has 1 fully saturated rings. The summed E-state index contributed by atoms with van der Waals surface area (Å²) < 4.78 is 38.0. The molecule has 0 aliphatic carbocycles. The first-order valence-electron chi connectivity index (χ1n) is 7.70. The number of hydrogen-bond acceptors (Lipinski definition) is 2. The molecule has 0 saturated carbocycles. The number of carbonyl (C=O) groups is 1. The van der Waals surface area contributed by atoms with Gasteiger partial charge < -0.3 is 9.80 Å². The predicted octanol–water partition coefficient (Wildman–Crippen LogP) is 4.63. The van der Waals surface area contributed by atoms with Gasteiger partial charge in [0.1, 0.15) is 0 Å². The largest absolute Gasteiger partial charge is 0.471 e. The van der Waals surface area contributed by atoms with Crippen LogP contribution in [0.2, 0.25) is 5.02 Å². The summed E-state index contributed by atoms with van der Waals surface area (Å²) in [5, 5.41) is 0.365. The minimum absolute atomic E-state index is 0.0753. The highest BCUT2D eigenvalue weighted by Gasteiger charge is 2.42. The summed E-state index contributed by atoms with van der Waals surface area (Å²) in [6.07, 6.45) is -1.61. The van der Waals surface area contributed by atoms with Gasteiger partial charge in [0.2, 0.25) is 0 Å². The van der Waals surface area contributed by atoms with E-state index in [4.69, 9.17) is 11.6 Å². The maximum absolute atomic E-state index is 12.7. The van der Waals surface area contributed by atoms with E-state index < -0.39 is 12.1 Å². The zero-order chi connectivity index (χ0) is 17.2. The van der Waals surface area contributed by atoms with Crippen molar-refractivity contribution in [1.29, 1.82) is 0 Å². The van der Waals surface area contributed by atoms with Crippen LogP contribution in [-0.2, 0) is 4.79 Å². The fourth-order valence-electron chi connectivity index (χ4n) is 2.95. The van der Waals surface area contributed by atoms with E-state index in [1.54, 1.807) is 6.07 Å². The van der Waals surface area contributed by atoms with Crippen molar-refractivity contribution in [2.45, 2.75) is 45.3 Å². The second-order valence-electron chi connectivity index (χ2n) is 5.72. The molecule has 23 heavy (non-hydrogen) atoms. The van der Waals surface area contributed by atoms with Crippen molar-refractivity contribution >= 4 is 28.9 Å². The van der Waals surface area contributed by atoms with Gasteiger partial charge in [-0.05, 0) is 51.3 Å². The third-order valence-electron chi connectivity index (χ3n) is 4.16. The lowest BCUT2D eigenvalue weighted by atomic mass is 10.0. The number of piperidine rings is 1. The summed E-state index contributed by atoms with van der Waals surface area (Å²) in [6, 6.07) is 5.00. The molecule has 1 saturated heterocycles. The number of amides is 1. The molecule has 2 rings (SSSR count). The molecule has 1 atom stereocenters. The van der Waals surface area contributed by atoms with Crippen LogP contribution in [0.25, 0.3) is 0 Å². The summed E-state index contributed by atoms with van der Waals surface area (Å²) in [4.78, 5) is 14.3. The Morgan fingerprint density at radius 2 is 2.09 bits per heavy atom. The maximum atomic E-state index is 12.7. The van der Waals surface area contributed by atoms with Crippen LogP contribution in [0.15, 0.2) is 18.2 Å². The van der Waals surface area contributed by atoms with Crippen molar-refractivity contribution < 1.29 is 18.0 Å². The van der Waals surface area contributed by atoms with Gasteiger partial charge in [0, 0.05) is 24.8 Å². The fraction of sp³-hybridized carbons (Fsp3) is 0.562. The Bertz CT molecular complexity index is 577. The van der Waals surface area contributed by atoms with Crippen molar-refractivity contribution in [1.82, 2.24) is 0 Å². The van der Waals surface area contributed by atoms with Gasteiger partial charge in [-0.3, -0.25) is 4.79 Å². The zero-order valence-corrected chi connectivity index (χ0v) is 13.9. The maximum Gasteiger partial charge on any atom is 0.471 e. The standard InChI is InChI=1S/C16H20ClF3N2O/c1-3-21(15(23)16(18,19)20)12-7-8-14(13(17)10-12)22-9-5-4-6-11(22)2/h7-8,10-11H,3-6,9H2,1-2H3/t11-/m1/s1. The summed E-state index contributed by atoms with van der Waals surface area (Å²) in [7, 11) is 0. The van der Waals surface area contributed by atoms with Gasteiger partial charge in [0.05, 0.1) is 10.7 Å². The van der Waals surface area contributed by atoms with Crippen LogP contribution < -0.4 is 9.80 Å². The summed E-state index contributed by atoms with van der Waals surface area (Å²) in [6.45, 7) is 4.40. The Labute approximate surface area is 139 Å². The van der Waals surface area contributed by atoms with Crippen LogP contribution in [0.5, 0.6) is 0 Å². The lowest BCUT2D eigenvalue weighted by Gasteiger charge is -2.36. The monoisotopic (exact) mass is 348 g/mol.